The van der Waals surface area contributed by atoms with Crippen molar-refractivity contribution in [3.63, 3.8) is 0 Å². The van der Waals surface area contributed by atoms with Gasteiger partial charge in [0.15, 0.2) is 5.82 Å². The molecule has 102 valence electrons. The molecule has 2 aromatic rings. The van der Waals surface area contributed by atoms with Crippen molar-refractivity contribution in [1.82, 2.24) is 25.4 Å². The Morgan fingerprint density at radius 3 is 3.37 bits per heavy atom. The van der Waals surface area contributed by atoms with Crippen LogP contribution in [0.1, 0.15) is 42.5 Å². The standard InChI is InChI=1S/C12H17N5OS/c1-2-3-19-6-11-16-12(18-17-11)9-4-8-10(5-13-9)15-7-14-8/h7,9,13H,2-6H2,1H3,(H,14,15). The van der Waals surface area contributed by atoms with Crippen LogP contribution in [-0.2, 0) is 18.7 Å². The largest absolute Gasteiger partial charge is 0.347 e. The van der Waals surface area contributed by atoms with Gasteiger partial charge in [-0.2, -0.15) is 16.7 Å². The van der Waals surface area contributed by atoms with Crippen LogP contribution >= 0.6 is 11.8 Å². The summed E-state index contributed by atoms with van der Waals surface area (Å²) in [5, 5.41) is 7.42. The minimum Gasteiger partial charge on any atom is -0.347 e. The van der Waals surface area contributed by atoms with Crippen LogP contribution in [0.2, 0.25) is 0 Å². The SMILES string of the molecule is CCCSCc1noc(C2Cc3nc[nH]c3CN2)n1. The van der Waals surface area contributed by atoms with E-state index in [9.17, 15) is 0 Å². The lowest BCUT2D eigenvalue weighted by Crippen LogP contribution is -2.28. The molecule has 2 aromatic heterocycles. The maximum atomic E-state index is 5.35. The summed E-state index contributed by atoms with van der Waals surface area (Å²) in [4.78, 5) is 11.9. The number of rotatable bonds is 5. The smallest absolute Gasteiger partial charge is 0.244 e. The molecule has 0 fully saturated rings. The summed E-state index contributed by atoms with van der Waals surface area (Å²) in [5.41, 5.74) is 2.23. The molecule has 19 heavy (non-hydrogen) atoms. The average Bonchev–Trinajstić information content (AvgIpc) is 3.06. The Morgan fingerprint density at radius 1 is 1.53 bits per heavy atom. The molecule has 0 spiro atoms. The fourth-order valence-electron chi connectivity index (χ4n) is 2.12. The first-order chi connectivity index (χ1) is 9.36. The van der Waals surface area contributed by atoms with Crippen LogP contribution in [0.3, 0.4) is 0 Å². The van der Waals surface area contributed by atoms with Gasteiger partial charge in [0.05, 0.1) is 29.5 Å². The third-order valence-corrected chi connectivity index (χ3v) is 4.25. The number of fused-ring (bicyclic) bond motifs is 1. The number of imidazole rings is 1. The number of thioether (sulfide) groups is 1. The lowest BCUT2D eigenvalue weighted by atomic mass is 10.1. The third kappa shape index (κ3) is 2.82. The highest BCUT2D eigenvalue weighted by Gasteiger charge is 2.25. The van der Waals surface area contributed by atoms with E-state index in [1.165, 1.54) is 6.42 Å². The summed E-state index contributed by atoms with van der Waals surface area (Å²) in [6, 6.07) is 0.0771. The van der Waals surface area contributed by atoms with E-state index < -0.39 is 0 Å². The van der Waals surface area contributed by atoms with E-state index in [-0.39, 0.29) is 6.04 Å². The van der Waals surface area contributed by atoms with Crippen LogP contribution in [0.15, 0.2) is 10.9 Å². The van der Waals surface area contributed by atoms with Gasteiger partial charge in [0.1, 0.15) is 0 Å². The molecular weight excluding hydrogens is 262 g/mol. The van der Waals surface area contributed by atoms with Gasteiger partial charge in [-0.05, 0) is 12.2 Å². The van der Waals surface area contributed by atoms with Gasteiger partial charge < -0.3 is 9.51 Å². The van der Waals surface area contributed by atoms with E-state index in [1.54, 1.807) is 6.33 Å². The zero-order valence-electron chi connectivity index (χ0n) is 10.8. The number of hydrogen-bond acceptors (Lipinski definition) is 6. The van der Waals surface area contributed by atoms with E-state index in [0.717, 1.165) is 41.7 Å². The number of hydrogen-bond donors (Lipinski definition) is 2. The van der Waals surface area contributed by atoms with E-state index in [4.69, 9.17) is 4.52 Å². The molecule has 1 unspecified atom stereocenters. The number of nitrogens with one attached hydrogen (secondary N) is 2. The van der Waals surface area contributed by atoms with Gasteiger partial charge in [-0.3, -0.25) is 5.32 Å². The molecule has 6 nitrogen and oxygen atoms in total. The first-order valence-electron chi connectivity index (χ1n) is 6.51. The van der Waals surface area contributed by atoms with Crippen molar-refractivity contribution >= 4 is 11.8 Å². The van der Waals surface area contributed by atoms with Crippen molar-refractivity contribution in [1.29, 1.82) is 0 Å². The van der Waals surface area contributed by atoms with Gasteiger partial charge in [0.2, 0.25) is 5.89 Å². The van der Waals surface area contributed by atoms with E-state index in [2.05, 4.69) is 32.3 Å². The van der Waals surface area contributed by atoms with Gasteiger partial charge in [-0.25, -0.2) is 4.98 Å². The molecule has 0 saturated heterocycles. The van der Waals surface area contributed by atoms with Crippen LogP contribution in [0.5, 0.6) is 0 Å². The van der Waals surface area contributed by atoms with Crippen molar-refractivity contribution in [3.05, 3.63) is 29.4 Å². The third-order valence-electron chi connectivity index (χ3n) is 3.09. The molecule has 7 heteroatoms. The zero-order valence-corrected chi connectivity index (χ0v) is 11.7. The minimum absolute atomic E-state index is 0.0771. The summed E-state index contributed by atoms with van der Waals surface area (Å²) in [6.07, 6.45) is 3.69. The predicted octanol–water partition coefficient (Wildman–Crippen LogP) is 1.82. The van der Waals surface area contributed by atoms with E-state index >= 15 is 0 Å². The summed E-state index contributed by atoms with van der Waals surface area (Å²) >= 11 is 1.83. The maximum absolute atomic E-state index is 5.35. The molecule has 1 aliphatic heterocycles. The van der Waals surface area contributed by atoms with Crippen LogP contribution < -0.4 is 5.32 Å². The molecule has 1 atom stereocenters. The van der Waals surface area contributed by atoms with Gasteiger partial charge in [0.25, 0.3) is 0 Å². The van der Waals surface area contributed by atoms with E-state index in [1.807, 2.05) is 11.8 Å². The van der Waals surface area contributed by atoms with Crippen molar-refractivity contribution in [2.24, 2.45) is 0 Å². The van der Waals surface area contributed by atoms with E-state index in [0.29, 0.717) is 5.89 Å². The number of nitrogens with zero attached hydrogens (tertiary/aromatic N) is 3. The molecule has 0 amide bonds. The summed E-state index contributed by atoms with van der Waals surface area (Å²) in [6.45, 7) is 2.93. The highest BCUT2D eigenvalue weighted by molar-refractivity contribution is 7.98. The Hall–Kier alpha value is -1.34. The molecular formula is C12H17N5OS. The number of aromatic nitrogens is 4. The van der Waals surface area contributed by atoms with Gasteiger partial charge >= 0.3 is 0 Å². The lowest BCUT2D eigenvalue weighted by molar-refractivity contribution is 0.317. The molecule has 0 aliphatic carbocycles. The number of H-pyrrole nitrogens is 1. The summed E-state index contributed by atoms with van der Waals surface area (Å²) < 4.78 is 5.35. The quantitative estimate of drug-likeness (QED) is 0.813. The first kappa shape index (κ1) is 12.7. The molecule has 0 radical (unpaired) electrons. The number of aromatic amines is 1. The molecule has 2 N–H and O–H groups in total. The highest BCUT2D eigenvalue weighted by Crippen LogP contribution is 2.23. The van der Waals surface area contributed by atoms with Crippen molar-refractivity contribution in [2.45, 2.75) is 38.1 Å². The summed E-state index contributed by atoms with van der Waals surface area (Å²) in [5.74, 6) is 3.39. The van der Waals surface area contributed by atoms with Crippen LogP contribution in [-0.4, -0.2) is 25.9 Å². The van der Waals surface area contributed by atoms with Crippen LogP contribution in [0.25, 0.3) is 0 Å². The minimum atomic E-state index is 0.0771. The second kappa shape index (κ2) is 5.75. The van der Waals surface area contributed by atoms with Crippen molar-refractivity contribution < 1.29 is 4.52 Å². The Kier molecular flexibility index (Phi) is 3.84. The monoisotopic (exact) mass is 279 g/mol. The Balaban J connectivity index is 1.64. The van der Waals surface area contributed by atoms with Gasteiger partial charge in [-0.15, -0.1) is 0 Å². The van der Waals surface area contributed by atoms with Gasteiger partial charge in [0, 0.05) is 13.0 Å². The molecule has 0 aromatic carbocycles. The van der Waals surface area contributed by atoms with Crippen molar-refractivity contribution in [3.8, 4) is 0 Å². The summed E-state index contributed by atoms with van der Waals surface area (Å²) in [7, 11) is 0. The maximum Gasteiger partial charge on any atom is 0.244 e. The fraction of sp³-hybridized carbons (Fsp3) is 0.583. The molecule has 0 bridgehead atoms. The molecule has 1 aliphatic rings. The Labute approximate surface area is 115 Å². The predicted molar refractivity (Wildman–Crippen MR) is 72.6 cm³/mol. The van der Waals surface area contributed by atoms with Crippen LogP contribution in [0.4, 0.5) is 0 Å². The van der Waals surface area contributed by atoms with Gasteiger partial charge in [-0.1, -0.05) is 12.1 Å². The molecule has 3 heterocycles. The highest BCUT2D eigenvalue weighted by atomic mass is 32.2. The van der Waals surface area contributed by atoms with Crippen molar-refractivity contribution in [2.75, 3.05) is 5.75 Å². The average molecular weight is 279 g/mol. The Morgan fingerprint density at radius 2 is 2.47 bits per heavy atom. The topological polar surface area (TPSA) is 79.6 Å². The molecule has 0 saturated carbocycles. The second-order valence-electron chi connectivity index (χ2n) is 4.57. The second-order valence-corrected chi connectivity index (χ2v) is 5.67. The first-order valence-corrected chi connectivity index (χ1v) is 7.67. The van der Waals surface area contributed by atoms with Crippen LogP contribution in [0, 0.1) is 0 Å². The Bertz CT molecular complexity index is 538. The zero-order chi connectivity index (χ0) is 13.1. The normalized spacial score (nSPS) is 18.5. The fourth-order valence-corrected chi connectivity index (χ4v) is 2.85. The lowest BCUT2D eigenvalue weighted by Gasteiger charge is -2.19. The molecule has 3 rings (SSSR count).